The standard InChI is InChI=1S/C15H9BrF3N3O2S/c16-9-5-12(19)13(6-11(9)18)22-25(23,24)8-4-14(21-7-8)15-10(17)2-1-3-20-15/h1-7,21-22H. The topological polar surface area (TPSA) is 74.8 Å². The SMILES string of the molecule is O=S(=O)(Nc1cc(F)c(Br)cc1F)c1c[nH]c(-c2ncccc2F)c1. The highest BCUT2D eigenvalue weighted by atomic mass is 79.9. The summed E-state index contributed by atoms with van der Waals surface area (Å²) >= 11 is 2.80. The van der Waals surface area contributed by atoms with Crippen molar-refractivity contribution in [3.05, 3.63) is 64.6 Å². The molecule has 25 heavy (non-hydrogen) atoms. The van der Waals surface area contributed by atoms with Crippen molar-refractivity contribution < 1.29 is 21.6 Å². The average molecular weight is 432 g/mol. The van der Waals surface area contributed by atoms with Crippen molar-refractivity contribution in [3.8, 4) is 11.4 Å². The molecule has 2 N–H and O–H groups in total. The second-order valence-electron chi connectivity index (χ2n) is 4.93. The molecule has 0 amide bonds. The van der Waals surface area contributed by atoms with Gasteiger partial charge in [0.15, 0.2) is 5.82 Å². The van der Waals surface area contributed by atoms with Crippen molar-refractivity contribution in [2.24, 2.45) is 0 Å². The van der Waals surface area contributed by atoms with Crippen LogP contribution in [0.2, 0.25) is 0 Å². The smallest absolute Gasteiger partial charge is 0.263 e. The zero-order chi connectivity index (χ0) is 18.2. The summed E-state index contributed by atoms with van der Waals surface area (Å²) in [5, 5.41) is 0. The normalized spacial score (nSPS) is 11.5. The number of sulfonamides is 1. The van der Waals surface area contributed by atoms with Crippen molar-refractivity contribution in [2.45, 2.75) is 4.90 Å². The maximum absolute atomic E-state index is 13.8. The van der Waals surface area contributed by atoms with Crippen molar-refractivity contribution in [2.75, 3.05) is 4.72 Å². The number of halogens is 4. The average Bonchev–Trinajstić information content (AvgIpc) is 3.03. The number of nitrogens with zero attached hydrogens (tertiary/aromatic N) is 1. The van der Waals surface area contributed by atoms with Gasteiger partial charge in [0.2, 0.25) is 0 Å². The van der Waals surface area contributed by atoms with E-state index in [1.807, 2.05) is 4.72 Å². The van der Waals surface area contributed by atoms with E-state index in [0.717, 1.165) is 18.3 Å². The largest absolute Gasteiger partial charge is 0.358 e. The molecule has 0 unspecified atom stereocenters. The Labute approximate surface area is 149 Å². The molecule has 0 atom stereocenters. The Kier molecular flexibility index (Phi) is 4.56. The van der Waals surface area contributed by atoms with E-state index in [1.165, 1.54) is 18.3 Å². The first kappa shape index (κ1) is 17.5. The van der Waals surface area contributed by atoms with E-state index in [9.17, 15) is 21.6 Å². The van der Waals surface area contributed by atoms with E-state index in [4.69, 9.17) is 0 Å². The lowest BCUT2D eigenvalue weighted by molar-refractivity contribution is 0.592. The van der Waals surface area contributed by atoms with E-state index in [-0.39, 0.29) is 20.8 Å². The molecular formula is C15H9BrF3N3O2S. The summed E-state index contributed by atoms with van der Waals surface area (Å²) in [7, 11) is -4.22. The van der Waals surface area contributed by atoms with E-state index in [1.54, 1.807) is 0 Å². The molecule has 0 spiro atoms. The predicted molar refractivity (Wildman–Crippen MR) is 88.8 cm³/mol. The second kappa shape index (κ2) is 6.52. The summed E-state index contributed by atoms with van der Waals surface area (Å²) in [5.41, 5.74) is -0.488. The van der Waals surface area contributed by atoms with Crippen LogP contribution in [-0.4, -0.2) is 18.4 Å². The Morgan fingerprint density at radius 2 is 1.84 bits per heavy atom. The van der Waals surface area contributed by atoms with Gasteiger partial charge in [-0.05, 0) is 40.2 Å². The Morgan fingerprint density at radius 1 is 1.08 bits per heavy atom. The van der Waals surface area contributed by atoms with Crippen LogP contribution in [0.15, 0.2) is 52.1 Å². The Bertz CT molecular complexity index is 1050. The minimum Gasteiger partial charge on any atom is -0.358 e. The number of benzene rings is 1. The summed E-state index contributed by atoms with van der Waals surface area (Å²) in [6, 6.07) is 5.23. The Hall–Kier alpha value is -2.33. The van der Waals surface area contributed by atoms with Crippen LogP contribution in [-0.2, 0) is 10.0 Å². The van der Waals surface area contributed by atoms with Gasteiger partial charge in [-0.25, -0.2) is 21.6 Å². The van der Waals surface area contributed by atoms with E-state index < -0.39 is 33.2 Å². The Balaban J connectivity index is 1.94. The number of rotatable bonds is 4. The minimum atomic E-state index is -4.22. The molecule has 3 rings (SSSR count). The first-order chi connectivity index (χ1) is 11.8. The van der Waals surface area contributed by atoms with Gasteiger partial charge in [0.25, 0.3) is 10.0 Å². The third-order valence-corrected chi connectivity index (χ3v) is 5.19. The van der Waals surface area contributed by atoms with Crippen LogP contribution < -0.4 is 4.72 Å². The molecule has 130 valence electrons. The molecule has 0 aliphatic heterocycles. The maximum Gasteiger partial charge on any atom is 0.263 e. The number of pyridine rings is 1. The van der Waals surface area contributed by atoms with Crippen LogP contribution in [0.25, 0.3) is 11.4 Å². The van der Waals surface area contributed by atoms with Crippen molar-refractivity contribution in [1.29, 1.82) is 0 Å². The molecule has 3 aromatic rings. The number of anilines is 1. The molecule has 10 heteroatoms. The van der Waals surface area contributed by atoms with Gasteiger partial charge in [0.1, 0.15) is 22.2 Å². The van der Waals surface area contributed by atoms with Gasteiger partial charge in [-0.15, -0.1) is 0 Å². The third kappa shape index (κ3) is 3.54. The van der Waals surface area contributed by atoms with E-state index in [2.05, 4.69) is 25.9 Å². The molecule has 2 heterocycles. The quantitative estimate of drug-likeness (QED) is 0.611. The fourth-order valence-electron chi connectivity index (χ4n) is 2.05. The first-order valence-electron chi connectivity index (χ1n) is 6.74. The van der Waals surface area contributed by atoms with Crippen molar-refractivity contribution >= 4 is 31.6 Å². The van der Waals surface area contributed by atoms with E-state index in [0.29, 0.717) is 6.07 Å². The van der Waals surface area contributed by atoms with Gasteiger partial charge < -0.3 is 4.98 Å². The fraction of sp³-hybridized carbons (Fsp3) is 0. The lowest BCUT2D eigenvalue weighted by atomic mass is 10.2. The second-order valence-corrected chi connectivity index (χ2v) is 7.47. The lowest BCUT2D eigenvalue weighted by Crippen LogP contribution is -2.13. The highest BCUT2D eigenvalue weighted by Gasteiger charge is 2.20. The van der Waals surface area contributed by atoms with E-state index >= 15 is 0 Å². The summed E-state index contributed by atoms with van der Waals surface area (Å²) in [6.07, 6.45) is 2.45. The van der Waals surface area contributed by atoms with Crippen LogP contribution in [0.4, 0.5) is 18.9 Å². The molecule has 0 radical (unpaired) electrons. The number of nitrogens with one attached hydrogen (secondary N) is 2. The van der Waals surface area contributed by atoms with Gasteiger partial charge in [-0.3, -0.25) is 9.71 Å². The fourth-order valence-corrected chi connectivity index (χ4v) is 3.42. The number of hydrogen-bond donors (Lipinski definition) is 2. The van der Waals surface area contributed by atoms with Gasteiger partial charge in [-0.2, -0.15) is 0 Å². The zero-order valence-corrected chi connectivity index (χ0v) is 14.6. The lowest BCUT2D eigenvalue weighted by Gasteiger charge is -2.08. The highest BCUT2D eigenvalue weighted by Crippen LogP contribution is 2.27. The molecule has 0 bridgehead atoms. The first-order valence-corrected chi connectivity index (χ1v) is 9.02. The number of H-pyrrole nitrogens is 1. The van der Waals surface area contributed by atoms with Crippen LogP contribution in [0, 0.1) is 17.5 Å². The van der Waals surface area contributed by atoms with Gasteiger partial charge in [-0.1, -0.05) is 0 Å². The summed E-state index contributed by atoms with van der Waals surface area (Å²) in [5.74, 6) is -2.42. The third-order valence-electron chi connectivity index (χ3n) is 3.23. The van der Waals surface area contributed by atoms with Crippen molar-refractivity contribution in [1.82, 2.24) is 9.97 Å². The minimum absolute atomic E-state index is 0.0650. The molecule has 2 aromatic heterocycles. The molecule has 0 fully saturated rings. The number of hydrogen-bond acceptors (Lipinski definition) is 3. The molecule has 0 saturated carbocycles. The van der Waals surface area contributed by atoms with Gasteiger partial charge >= 0.3 is 0 Å². The Morgan fingerprint density at radius 3 is 2.56 bits per heavy atom. The molecule has 1 aromatic carbocycles. The molecule has 0 aliphatic carbocycles. The monoisotopic (exact) mass is 431 g/mol. The summed E-state index contributed by atoms with van der Waals surface area (Å²) < 4.78 is 67.5. The molecule has 0 aliphatic rings. The molecule has 0 saturated heterocycles. The van der Waals surface area contributed by atoms with Crippen LogP contribution in [0.3, 0.4) is 0 Å². The molecule has 5 nitrogen and oxygen atoms in total. The van der Waals surface area contributed by atoms with Crippen LogP contribution in [0.1, 0.15) is 0 Å². The number of aromatic nitrogens is 2. The summed E-state index contributed by atoms with van der Waals surface area (Å²) in [6.45, 7) is 0. The van der Waals surface area contributed by atoms with Crippen LogP contribution in [0.5, 0.6) is 0 Å². The molecular weight excluding hydrogens is 423 g/mol. The maximum atomic E-state index is 13.8. The number of aromatic amines is 1. The highest BCUT2D eigenvalue weighted by molar-refractivity contribution is 9.10. The predicted octanol–water partition coefficient (Wildman–Crippen LogP) is 4.06. The van der Waals surface area contributed by atoms with Gasteiger partial charge in [0, 0.05) is 18.5 Å². The van der Waals surface area contributed by atoms with Gasteiger partial charge in [0.05, 0.1) is 15.9 Å². The summed E-state index contributed by atoms with van der Waals surface area (Å²) in [4.78, 5) is 6.14. The zero-order valence-electron chi connectivity index (χ0n) is 12.2. The van der Waals surface area contributed by atoms with Crippen LogP contribution >= 0.6 is 15.9 Å². The van der Waals surface area contributed by atoms with Crippen molar-refractivity contribution in [3.63, 3.8) is 0 Å².